The minimum atomic E-state index is -1.48. The molecule has 0 bridgehead atoms. The molecule has 1 saturated heterocycles. The third kappa shape index (κ3) is 3.26. The molecule has 0 spiro atoms. The Balaban J connectivity index is 2.69. The van der Waals surface area contributed by atoms with Gasteiger partial charge in [-0.25, -0.2) is 4.79 Å². The maximum atomic E-state index is 11.7. The number of aliphatic hydroxyl groups excluding tert-OH is 1. The summed E-state index contributed by atoms with van der Waals surface area (Å²) in [6, 6.07) is 0. The average molecular weight is 243 g/mol. The smallest absolute Gasteiger partial charge is 0.336 e. The van der Waals surface area contributed by atoms with Crippen molar-refractivity contribution >= 4 is 17.8 Å². The first kappa shape index (κ1) is 13.6. The molecule has 96 valence electrons. The fraction of sp³-hybridized carbons (Fsp3) is 0.727. The summed E-state index contributed by atoms with van der Waals surface area (Å²) in [5.41, 5.74) is -0.360. The van der Waals surface area contributed by atoms with E-state index in [2.05, 4.69) is 4.74 Å². The first-order valence-corrected chi connectivity index (χ1v) is 5.36. The number of nitrogens with zero attached hydrogens (tertiary/aromatic N) is 1. The van der Waals surface area contributed by atoms with Gasteiger partial charge in [0.2, 0.25) is 11.8 Å². The van der Waals surface area contributed by atoms with E-state index in [4.69, 9.17) is 0 Å². The minimum Gasteiger partial charge on any atom is -0.467 e. The Morgan fingerprint density at radius 3 is 2.29 bits per heavy atom. The molecule has 1 fully saturated rings. The number of ether oxygens (including phenoxy) is 1. The predicted octanol–water partition coefficient (Wildman–Crippen LogP) is -0.305. The maximum absolute atomic E-state index is 11.7. The number of hydrogen-bond acceptors (Lipinski definition) is 5. The van der Waals surface area contributed by atoms with Gasteiger partial charge in [-0.15, -0.1) is 0 Å². The van der Waals surface area contributed by atoms with Crippen LogP contribution in [0.3, 0.4) is 0 Å². The normalized spacial score (nSPS) is 21.3. The first-order valence-electron chi connectivity index (χ1n) is 5.36. The topological polar surface area (TPSA) is 83.9 Å². The summed E-state index contributed by atoms with van der Waals surface area (Å²) in [4.78, 5) is 35.3. The van der Waals surface area contributed by atoms with E-state index < -0.39 is 12.1 Å². The van der Waals surface area contributed by atoms with E-state index in [1.807, 2.05) is 13.8 Å². The van der Waals surface area contributed by atoms with Crippen LogP contribution in [-0.2, 0) is 19.1 Å². The van der Waals surface area contributed by atoms with E-state index >= 15 is 0 Å². The van der Waals surface area contributed by atoms with Crippen molar-refractivity contribution in [3.8, 4) is 0 Å². The van der Waals surface area contributed by atoms with Crippen LogP contribution in [0.15, 0.2) is 0 Å². The third-order valence-corrected chi connectivity index (χ3v) is 2.69. The van der Waals surface area contributed by atoms with Crippen LogP contribution in [0.25, 0.3) is 0 Å². The number of esters is 1. The van der Waals surface area contributed by atoms with Crippen molar-refractivity contribution in [3.63, 3.8) is 0 Å². The fourth-order valence-corrected chi connectivity index (χ4v) is 1.80. The number of carbonyl (C=O) groups excluding carboxylic acids is 3. The molecule has 1 unspecified atom stereocenters. The monoisotopic (exact) mass is 243 g/mol. The average Bonchev–Trinajstić information content (AvgIpc) is 2.20. The summed E-state index contributed by atoms with van der Waals surface area (Å²) in [5.74, 6) is -1.58. The largest absolute Gasteiger partial charge is 0.467 e. The molecule has 0 aromatic rings. The Hall–Kier alpha value is -1.43. The zero-order chi connectivity index (χ0) is 13.2. The molecule has 0 saturated carbocycles. The number of hydrogen-bond donors (Lipinski definition) is 1. The summed E-state index contributed by atoms with van der Waals surface area (Å²) in [5, 5.41) is 9.41. The molecule has 1 aliphatic heterocycles. The Morgan fingerprint density at radius 1 is 1.41 bits per heavy atom. The molecule has 17 heavy (non-hydrogen) atoms. The number of piperidine rings is 1. The molecular formula is C11H17NO5. The van der Waals surface area contributed by atoms with Crippen LogP contribution in [0.5, 0.6) is 0 Å². The predicted molar refractivity (Wildman–Crippen MR) is 57.8 cm³/mol. The lowest BCUT2D eigenvalue weighted by atomic mass is 9.81. The Morgan fingerprint density at radius 2 is 1.88 bits per heavy atom. The van der Waals surface area contributed by atoms with Crippen LogP contribution in [0.4, 0.5) is 0 Å². The second-order valence-corrected chi connectivity index (χ2v) is 4.95. The van der Waals surface area contributed by atoms with E-state index in [-0.39, 0.29) is 36.6 Å². The lowest BCUT2D eigenvalue weighted by Gasteiger charge is -2.35. The van der Waals surface area contributed by atoms with E-state index in [0.29, 0.717) is 0 Å². The highest BCUT2D eigenvalue weighted by Crippen LogP contribution is 2.31. The molecule has 0 radical (unpaired) electrons. The van der Waals surface area contributed by atoms with Crippen molar-refractivity contribution in [2.24, 2.45) is 5.41 Å². The minimum absolute atomic E-state index is 0.229. The van der Waals surface area contributed by atoms with Crippen LogP contribution < -0.4 is 0 Å². The number of likely N-dealkylation sites (tertiary alicyclic amines) is 1. The lowest BCUT2D eigenvalue weighted by Crippen LogP contribution is -2.50. The highest BCUT2D eigenvalue weighted by molar-refractivity contribution is 5.98. The number of aliphatic hydroxyl groups is 1. The van der Waals surface area contributed by atoms with Crippen molar-refractivity contribution in [2.75, 3.05) is 13.7 Å². The summed E-state index contributed by atoms with van der Waals surface area (Å²) in [6.07, 6.45) is -1.02. The molecule has 1 heterocycles. The van der Waals surface area contributed by atoms with Gasteiger partial charge < -0.3 is 9.84 Å². The number of β-amino-alcohol motifs (C(OH)–C–C–N with tert-alkyl or cyclic N) is 1. The molecule has 0 aromatic carbocycles. The van der Waals surface area contributed by atoms with Crippen molar-refractivity contribution < 1.29 is 24.2 Å². The van der Waals surface area contributed by atoms with Gasteiger partial charge in [-0.3, -0.25) is 14.5 Å². The second-order valence-electron chi connectivity index (χ2n) is 4.95. The van der Waals surface area contributed by atoms with Gasteiger partial charge in [0.1, 0.15) is 0 Å². The number of methoxy groups -OCH3 is 1. The van der Waals surface area contributed by atoms with Gasteiger partial charge in [-0.1, -0.05) is 13.8 Å². The maximum Gasteiger partial charge on any atom is 0.336 e. The molecule has 0 aromatic heterocycles. The van der Waals surface area contributed by atoms with Crippen molar-refractivity contribution in [1.29, 1.82) is 0 Å². The molecule has 1 aliphatic rings. The standard InChI is InChI=1S/C11H17NO5/c1-11(2)4-8(14)12(9(15)5-11)6-7(13)10(16)17-3/h7,13H,4-6H2,1-3H3. The molecule has 6 nitrogen and oxygen atoms in total. The summed E-state index contributed by atoms with van der Waals surface area (Å²) in [7, 11) is 1.13. The SMILES string of the molecule is COC(=O)C(O)CN1C(=O)CC(C)(C)CC1=O. The van der Waals surface area contributed by atoms with E-state index in [9.17, 15) is 19.5 Å². The van der Waals surface area contributed by atoms with Gasteiger partial charge in [0, 0.05) is 12.8 Å². The zero-order valence-electron chi connectivity index (χ0n) is 10.2. The number of amides is 2. The molecule has 1 N–H and O–H groups in total. The lowest BCUT2D eigenvalue weighted by molar-refractivity contribution is -0.159. The van der Waals surface area contributed by atoms with Crippen LogP contribution in [0, 0.1) is 5.41 Å². The van der Waals surface area contributed by atoms with Crippen molar-refractivity contribution in [1.82, 2.24) is 4.90 Å². The van der Waals surface area contributed by atoms with Gasteiger partial charge in [-0.05, 0) is 5.41 Å². The van der Waals surface area contributed by atoms with Gasteiger partial charge in [0.15, 0.2) is 6.10 Å². The van der Waals surface area contributed by atoms with Crippen LogP contribution in [0.1, 0.15) is 26.7 Å². The Bertz CT molecular complexity index is 330. The van der Waals surface area contributed by atoms with Crippen LogP contribution in [0.2, 0.25) is 0 Å². The van der Waals surface area contributed by atoms with Crippen LogP contribution >= 0.6 is 0 Å². The van der Waals surface area contributed by atoms with Gasteiger partial charge in [0.05, 0.1) is 13.7 Å². The Kier molecular flexibility index (Phi) is 3.87. The Labute approximate surface area is 99.5 Å². The molecule has 1 atom stereocenters. The fourth-order valence-electron chi connectivity index (χ4n) is 1.80. The number of rotatable bonds is 3. The zero-order valence-corrected chi connectivity index (χ0v) is 10.2. The van der Waals surface area contributed by atoms with Gasteiger partial charge in [0.25, 0.3) is 0 Å². The third-order valence-electron chi connectivity index (χ3n) is 2.69. The van der Waals surface area contributed by atoms with Crippen LogP contribution in [-0.4, -0.2) is 47.5 Å². The number of imide groups is 1. The molecule has 2 amide bonds. The summed E-state index contributed by atoms with van der Waals surface area (Å²) < 4.78 is 4.33. The second kappa shape index (κ2) is 4.83. The molecule has 0 aliphatic carbocycles. The highest BCUT2D eigenvalue weighted by atomic mass is 16.5. The molecular weight excluding hydrogens is 226 g/mol. The number of carbonyl (C=O) groups is 3. The van der Waals surface area contributed by atoms with Crippen molar-refractivity contribution in [2.45, 2.75) is 32.8 Å². The summed E-state index contributed by atoms with van der Waals surface area (Å²) >= 11 is 0. The molecule has 6 heteroatoms. The van der Waals surface area contributed by atoms with E-state index in [0.717, 1.165) is 12.0 Å². The first-order chi connectivity index (χ1) is 7.76. The quantitative estimate of drug-likeness (QED) is 0.543. The van der Waals surface area contributed by atoms with Gasteiger partial charge in [-0.2, -0.15) is 0 Å². The van der Waals surface area contributed by atoms with Gasteiger partial charge >= 0.3 is 5.97 Å². The molecule has 1 rings (SSSR count). The highest BCUT2D eigenvalue weighted by Gasteiger charge is 2.38. The van der Waals surface area contributed by atoms with Crippen molar-refractivity contribution in [3.05, 3.63) is 0 Å². The summed E-state index contributed by atoms with van der Waals surface area (Å²) in [6.45, 7) is 3.33. The van der Waals surface area contributed by atoms with E-state index in [1.165, 1.54) is 0 Å². The van der Waals surface area contributed by atoms with E-state index in [1.54, 1.807) is 0 Å².